The highest BCUT2D eigenvalue weighted by Crippen LogP contribution is 2.39. The first-order chi connectivity index (χ1) is 16.2. The standard InChI is InChI=1S/C26H20ClN3O3/c1-32-26-13-18(23-15-21(29-30(23)16-31)17-5-3-2-4-6-17)7-10-25(26)33-24-11-12-28-22-14-19(27)8-9-20(22)24/h2-14,16,23H,15H2,1H3. The van der Waals surface area contributed by atoms with Gasteiger partial charge in [-0.25, -0.2) is 5.01 Å². The smallest absolute Gasteiger partial charge is 0.230 e. The number of ether oxygens (including phenoxy) is 2. The van der Waals surface area contributed by atoms with Gasteiger partial charge in [-0.1, -0.05) is 48.0 Å². The number of aromatic nitrogens is 1. The summed E-state index contributed by atoms with van der Waals surface area (Å²) < 4.78 is 11.8. The zero-order valence-electron chi connectivity index (χ0n) is 17.8. The van der Waals surface area contributed by atoms with E-state index < -0.39 is 0 Å². The van der Waals surface area contributed by atoms with Crippen LogP contribution in [0.25, 0.3) is 10.9 Å². The highest BCUT2D eigenvalue weighted by molar-refractivity contribution is 6.31. The maximum atomic E-state index is 11.7. The quantitative estimate of drug-likeness (QED) is 0.333. The third kappa shape index (κ3) is 4.13. The number of benzene rings is 3. The van der Waals surface area contributed by atoms with Crippen molar-refractivity contribution in [2.75, 3.05) is 7.11 Å². The van der Waals surface area contributed by atoms with Gasteiger partial charge in [-0.15, -0.1) is 0 Å². The molecule has 33 heavy (non-hydrogen) atoms. The third-order valence-electron chi connectivity index (χ3n) is 5.61. The molecule has 1 unspecified atom stereocenters. The van der Waals surface area contributed by atoms with Crippen molar-refractivity contribution >= 4 is 34.6 Å². The predicted octanol–water partition coefficient (Wildman–Crippen LogP) is 6.00. The molecule has 0 saturated heterocycles. The first kappa shape index (κ1) is 21.0. The molecule has 3 aromatic carbocycles. The van der Waals surface area contributed by atoms with E-state index in [1.165, 1.54) is 5.01 Å². The molecule has 0 spiro atoms. The molecule has 5 rings (SSSR count). The van der Waals surface area contributed by atoms with Gasteiger partial charge in [0.05, 0.1) is 24.4 Å². The van der Waals surface area contributed by atoms with Gasteiger partial charge in [0, 0.05) is 23.0 Å². The Balaban J connectivity index is 1.44. The van der Waals surface area contributed by atoms with Gasteiger partial charge in [0.25, 0.3) is 0 Å². The minimum absolute atomic E-state index is 0.218. The SMILES string of the molecule is COc1cc(C2CC(c3ccccc3)=NN2C=O)ccc1Oc1ccnc2cc(Cl)ccc12. The number of amides is 1. The second-order valence-corrected chi connectivity index (χ2v) is 8.04. The Morgan fingerprint density at radius 3 is 2.64 bits per heavy atom. The highest BCUT2D eigenvalue weighted by Gasteiger charge is 2.29. The number of fused-ring (bicyclic) bond motifs is 1. The van der Waals surface area contributed by atoms with Crippen LogP contribution in [-0.4, -0.2) is 29.2 Å². The lowest BCUT2D eigenvalue weighted by Gasteiger charge is -2.19. The van der Waals surface area contributed by atoms with Crippen molar-refractivity contribution in [1.82, 2.24) is 9.99 Å². The fraction of sp³-hybridized carbons (Fsp3) is 0.115. The second kappa shape index (κ2) is 8.92. The van der Waals surface area contributed by atoms with Crippen LogP contribution in [-0.2, 0) is 4.79 Å². The van der Waals surface area contributed by atoms with E-state index in [4.69, 9.17) is 21.1 Å². The van der Waals surface area contributed by atoms with Crippen molar-refractivity contribution in [3.63, 3.8) is 0 Å². The van der Waals surface area contributed by atoms with Crippen molar-refractivity contribution in [2.24, 2.45) is 5.10 Å². The summed E-state index contributed by atoms with van der Waals surface area (Å²) >= 11 is 6.09. The predicted molar refractivity (Wildman–Crippen MR) is 128 cm³/mol. The van der Waals surface area contributed by atoms with Crippen LogP contribution in [0.2, 0.25) is 5.02 Å². The maximum Gasteiger partial charge on any atom is 0.230 e. The first-order valence-corrected chi connectivity index (χ1v) is 10.8. The van der Waals surface area contributed by atoms with Gasteiger partial charge in [0.1, 0.15) is 5.75 Å². The average molecular weight is 458 g/mol. The van der Waals surface area contributed by atoms with Gasteiger partial charge < -0.3 is 9.47 Å². The van der Waals surface area contributed by atoms with E-state index in [1.807, 2.05) is 54.6 Å². The molecule has 0 saturated carbocycles. The van der Waals surface area contributed by atoms with Gasteiger partial charge in [0.15, 0.2) is 11.5 Å². The average Bonchev–Trinajstić information content (AvgIpc) is 3.29. The molecule has 0 fully saturated rings. The zero-order valence-corrected chi connectivity index (χ0v) is 18.6. The van der Waals surface area contributed by atoms with Crippen molar-refractivity contribution in [3.05, 3.63) is 95.1 Å². The fourth-order valence-electron chi connectivity index (χ4n) is 3.98. The molecule has 1 amide bonds. The van der Waals surface area contributed by atoms with E-state index in [1.54, 1.807) is 31.5 Å². The lowest BCUT2D eigenvalue weighted by atomic mass is 9.98. The normalized spacial score (nSPS) is 15.4. The molecule has 7 heteroatoms. The molecule has 4 aromatic rings. The number of rotatable bonds is 6. The summed E-state index contributed by atoms with van der Waals surface area (Å²) in [6, 6.07) is 22.6. The third-order valence-corrected chi connectivity index (χ3v) is 5.85. The molecule has 1 atom stereocenters. The number of nitrogens with zero attached hydrogens (tertiary/aromatic N) is 3. The molecule has 0 bridgehead atoms. The highest BCUT2D eigenvalue weighted by atomic mass is 35.5. The molecule has 0 aliphatic carbocycles. The molecule has 1 aromatic heterocycles. The molecule has 1 aliphatic heterocycles. The van der Waals surface area contributed by atoms with Crippen molar-refractivity contribution in [1.29, 1.82) is 0 Å². The van der Waals surface area contributed by atoms with Crippen LogP contribution in [0.15, 0.2) is 84.1 Å². The lowest BCUT2D eigenvalue weighted by Crippen LogP contribution is -2.17. The Morgan fingerprint density at radius 1 is 1.00 bits per heavy atom. The molecule has 2 heterocycles. The fourth-order valence-corrected chi connectivity index (χ4v) is 4.14. The zero-order chi connectivity index (χ0) is 22.8. The van der Waals surface area contributed by atoms with E-state index in [0.717, 1.165) is 34.2 Å². The molecule has 164 valence electrons. The minimum Gasteiger partial charge on any atom is -0.493 e. The summed E-state index contributed by atoms with van der Waals surface area (Å²) in [6.07, 6.45) is 3.05. The van der Waals surface area contributed by atoms with Crippen LogP contribution < -0.4 is 9.47 Å². The number of hydrazone groups is 1. The number of hydrogen-bond donors (Lipinski definition) is 0. The molecule has 0 N–H and O–H groups in total. The van der Waals surface area contributed by atoms with E-state index in [-0.39, 0.29) is 6.04 Å². The molecule has 0 radical (unpaired) electrons. The first-order valence-electron chi connectivity index (χ1n) is 10.4. The monoisotopic (exact) mass is 457 g/mol. The topological polar surface area (TPSA) is 64.0 Å². The molecule has 6 nitrogen and oxygen atoms in total. The van der Waals surface area contributed by atoms with Crippen LogP contribution >= 0.6 is 11.6 Å². The largest absolute Gasteiger partial charge is 0.493 e. The summed E-state index contributed by atoms with van der Waals surface area (Å²) in [5.74, 6) is 1.77. The minimum atomic E-state index is -0.218. The molecule has 1 aliphatic rings. The van der Waals surface area contributed by atoms with Gasteiger partial charge in [-0.05, 0) is 47.5 Å². The van der Waals surface area contributed by atoms with Crippen LogP contribution in [0.5, 0.6) is 17.2 Å². The number of carbonyl (C=O) groups is 1. The lowest BCUT2D eigenvalue weighted by molar-refractivity contribution is -0.119. The number of carbonyl (C=O) groups excluding carboxylic acids is 1. The van der Waals surface area contributed by atoms with Crippen LogP contribution in [0.4, 0.5) is 0 Å². The Labute approximate surface area is 196 Å². The van der Waals surface area contributed by atoms with Crippen LogP contribution in [0, 0.1) is 0 Å². The second-order valence-electron chi connectivity index (χ2n) is 7.60. The summed E-state index contributed by atoms with van der Waals surface area (Å²) in [5, 5.41) is 7.43. The summed E-state index contributed by atoms with van der Waals surface area (Å²) in [4.78, 5) is 16.1. The van der Waals surface area contributed by atoms with E-state index in [0.29, 0.717) is 28.7 Å². The number of methoxy groups -OCH3 is 1. The van der Waals surface area contributed by atoms with E-state index in [2.05, 4.69) is 10.1 Å². The van der Waals surface area contributed by atoms with Crippen LogP contribution in [0.3, 0.4) is 0 Å². The Hall–Kier alpha value is -3.90. The summed E-state index contributed by atoms with van der Waals surface area (Å²) in [6.45, 7) is 0. The van der Waals surface area contributed by atoms with Gasteiger partial charge in [-0.3, -0.25) is 9.78 Å². The Morgan fingerprint density at radius 2 is 1.85 bits per heavy atom. The van der Waals surface area contributed by atoms with E-state index >= 15 is 0 Å². The molecular formula is C26H20ClN3O3. The van der Waals surface area contributed by atoms with Gasteiger partial charge in [-0.2, -0.15) is 5.10 Å². The van der Waals surface area contributed by atoms with Crippen molar-refractivity contribution in [2.45, 2.75) is 12.5 Å². The van der Waals surface area contributed by atoms with Crippen molar-refractivity contribution < 1.29 is 14.3 Å². The Bertz CT molecular complexity index is 1360. The van der Waals surface area contributed by atoms with Gasteiger partial charge >= 0.3 is 0 Å². The number of pyridine rings is 1. The number of hydrogen-bond acceptors (Lipinski definition) is 5. The van der Waals surface area contributed by atoms with Crippen LogP contribution in [0.1, 0.15) is 23.6 Å². The van der Waals surface area contributed by atoms with E-state index in [9.17, 15) is 4.79 Å². The summed E-state index contributed by atoms with van der Waals surface area (Å²) in [5.41, 5.74) is 3.53. The van der Waals surface area contributed by atoms with Gasteiger partial charge in [0.2, 0.25) is 6.41 Å². The number of halogens is 1. The summed E-state index contributed by atoms with van der Waals surface area (Å²) in [7, 11) is 1.59. The van der Waals surface area contributed by atoms with Crippen molar-refractivity contribution in [3.8, 4) is 17.2 Å². The maximum absolute atomic E-state index is 11.7. The molecular weight excluding hydrogens is 438 g/mol. The Kier molecular flexibility index (Phi) is 5.67.